The van der Waals surface area contributed by atoms with Crippen LogP contribution in [0.4, 0.5) is 20.6 Å². The number of nitrogens with one attached hydrogen (secondary N) is 1. The Hall–Kier alpha value is -4.74. The number of carbonyl (C=O) groups is 2. The van der Waals surface area contributed by atoms with Crippen LogP contribution in [0.2, 0.25) is 0 Å². The van der Waals surface area contributed by atoms with Gasteiger partial charge in [-0.1, -0.05) is 18.2 Å². The predicted octanol–water partition coefficient (Wildman–Crippen LogP) is 5.86. The molecule has 0 unspecified atom stereocenters. The molecule has 10 nitrogen and oxygen atoms in total. The van der Waals surface area contributed by atoms with E-state index in [4.69, 9.17) is 18.9 Å². The molecular weight excluding hydrogens is 555 g/mol. The maximum Gasteiger partial charge on any atom is 0.333 e. The molecule has 0 spiro atoms. The van der Waals surface area contributed by atoms with Crippen molar-refractivity contribution in [2.75, 3.05) is 56.8 Å². The number of benzene rings is 3. The van der Waals surface area contributed by atoms with E-state index in [2.05, 4.69) is 15.2 Å². The molecule has 1 N–H and O–H groups in total. The molecule has 0 saturated carbocycles. The summed E-state index contributed by atoms with van der Waals surface area (Å²) in [6.07, 6.45) is 2.44. The minimum Gasteiger partial charge on any atom is -0.493 e. The summed E-state index contributed by atoms with van der Waals surface area (Å²) in [5.41, 5.74) is 0.879. The first-order chi connectivity index (χ1) is 20.9. The largest absolute Gasteiger partial charge is 0.493 e. The van der Waals surface area contributed by atoms with Crippen molar-refractivity contribution in [2.45, 2.75) is 13.3 Å². The predicted molar refractivity (Wildman–Crippen MR) is 161 cm³/mol. The monoisotopic (exact) mass is 588 g/mol. The fraction of sp³-hybridized carbons (Fsp3) is 0.281. The summed E-state index contributed by atoms with van der Waals surface area (Å²) >= 11 is 0. The highest BCUT2D eigenvalue weighted by Gasteiger charge is 2.24. The molecule has 1 fully saturated rings. The van der Waals surface area contributed by atoms with Crippen LogP contribution < -0.4 is 24.4 Å². The summed E-state index contributed by atoms with van der Waals surface area (Å²) in [4.78, 5) is 32.7. The van der Waals surface area contributed by atoms with Crippen LogP contribution in [0.5, 0.6) is 23.0 Å². The molecule has 3 aromatic carbocycles. The van der Waals surface area contributed by atoms with Gasteiger partial charge in [-0.05, 0) is 42.8 Å². The number of hydrogen-bond donors (Lipinski definition) is 1. The van der Waals surface area contributed by atoms with E-state index in [1.807, 2.05) is 0 Å². The molecule has 5 rings (SSSR count). The van der Waals surface area contributed by atoms with Gasteiger partial charge in [0.25, 0.3) is 0 Å². The number of rotatable bonds is 10. The molecule has 0 aliphatic carbocycles. The highest BCUT2D eigenvalue weighted by molar-refractivity contribution is 6.17. The lowest BCUT2D eigenvalue weighted by molar-refractivity contribution is -0.115. The van der Waals surface area contributed by atoms with Crippen molar-refractivity contribution >= 4 is 34.2 Å². The molecule has 11 heteroatoms. The molecule has 1 aliphatic heterocycles. The van der Waals surface area contributed by atoms with Gasteiger partial charge in [0.1, 0.15) is 11.5 Å². The third-order valence-corrected chi connectivity index (χ3v) is 6.90. The summed E-state index contributed by atoms with van der Waals surface area (Å²) in [5.74, 6) is 0.213. The number of carbonyl (C=O) groups excluding carboxylic acids is 2. The number of aromatic nitrogens is 1. The zero-order chi connectivity index (χ0) is 30.2. The van der Waals surface area contributed by atoms with E-state index in [1.54, 1.807) is 61.8 Å². The number of urea groups is 1. The van der Waals surface area contributed by atoms with Gasteiger partial charge in [-0.15, -0.1) is 0 Å². The number of para-hydroxylation sites is 1. The number of pyridine rings is 1. The van der Waals surface area contributed by atoms with Crippen molar-refractivity contribution in [2.24, 2.45) is 0 Å². The lowest BCUT2D eigenvalue weighted by atomic mass is 10.1. The van der Waals surface area contributed by atoms with Crippen molar-refractivity contribution in [3.8, 4) is 23.0 Å². The van der Waals surface area contributed by atoms with E-state index in [1.165, 1.54) is 19.1 Å². The van der Waals surface area contributed by atoms with Gasteiger partial charge in [0.05, 0.1) is 38.1 Å². The van der Waals surface area contributed by atoms with Crippen LogP contribution in [0.25, 0.3) is 10.9 Å². The molecule has 3 amide bonds. The van der Waals surface area contributed by atoms with Crippen molar-refractivity contribution < 1.29 is 32.9 Å². The Morgan fingerprint density at radius 1 is 1.02 bits per heavy atom. The number of nitrogens with zero attached hydrogens (tertiary/aromatic N) is 3. The lowest BCUT2D eigenvalue weighted by Crippen LogP contribution is -2.39. The van der Waals surface area contributed by atoms with E-state index in [0.29, 0.717) is 40.4 Å². The van der Waals surface area contributed by atoms with Gasteiger partial charge in [-0.3, -0.25) is 14.7 Å². The maximum absolute atomic E-state index is 15.3. The second-order valence-corrected chi connectivity index (χ2v) is 9.85. The molecule has 224 valence electrons. The summed E-state index contributed by atoms with van der Waals surface area (Å²) in [5, 5.41) is 3.24. The molecule has 1 saturated heterocycles. The van der Waals surface area contributed by atoms with Crippen molar-refractivity contribution in [3.05, 3.63) is 78.7 Å². The molecular formula is C32H33FN4O6. The minimum absolute atomic E-state index is 0.170. The first-order valence-corrected chi connectivity index (χ1v) is 14.0. The number of morpholine rings is 1. The van der Waals surface area contributed by atoms with Gasteiger partial charge in [0.2, 0.25) is 5.91 Å². The van der Waals surface area contributed by atoms with Crippen LogP contribution in [0, 0.1) is 5.82 Å². The van der Waals surface area contributed by atoms with E-state index >= 15 is 4.39 Å². The average molecular weight is 589 g/mol. The normalized spacial score (nSPS) is 13.4. The second kappa shape index (κ2) is 14.0. The second-order valence-electron chi connectivity index (χ2n) is 9.85. The first-order valence-electron chi connectivity index (χ1n) is 14.0. The van der Waals surface area contributed by atoms with E-state index in [9.17, 15) is 9.59 Å². The number of ether oxygens (including phenoxy) is 4. The van der Waals surface area contributed by atoms with Gasteiger partial charge in [-0.2, -0.15) is 0 Å². The highest BCUT2D eigenvalue weighted by Crippen LogP contribution is 2.38. The average Bonchev–Trinajstić information content (AvgIpc) is 3.01. The molecule has 43 heavy (non-hydrogen) atoms. The number of hydrogen-bond acceptors (Lipinski definition) is 8. The number of amides is 3. The third kappa shape index (κ3) is 7.37. The van der Waals surface area contributed by atoms with Crippen molar-refractivity contribution in [1.29, 1.82) is 0 Å². The van der Waals surface area contributed by atoms with E-state index in [0.717, 1.165) is 50.2 Å². The van der Waals surface area contributed by atoms with Crippen LogP contribution in [0.3, 0.4) is 0 Å². The summed E-state index contributed by atoms with van der Waals surface area (Å²) < 4.78 is 38.3. The molecule has 1 aromatic heterocycles. The summed E-state index contributed by atoms with van der Waals surface area (Å²) in [6, 6.07) is 17.0. The SMILES string of the molecule is COc1cc2c(Oc3ccc(N(C(C)=O)C(=O)Nc4ccccc4)c(F)c3)ccnc2cc1OCCCN1CCOCC1. The fourth-order valence-corrected chi connectivity index (χ4v) is 4.77. The van der Waals surface area contributed by atoms with Gasteiger partial charge in [0.15, 0.2) is 17.3 Å². The standard InChI is InChI=1S/C32H33FN4O6/c1-22(38)37(32(39)35-23-7-4-3-5-8-23)28-10-9-24(19-26(28)33)43-29-11-12-34-27-21-31(30(40-2)20-25(27)29)42-16-6-13-36-14-17-41-18-15-36/h3-5,7-12,19-21H,6,13-18H2,1-2H3,(H,35,39). The van der Waals surface area contributed by atoms with Gasteiger partial charge >= 0.3 is 6.03 Å². The smallest absolute Gasteiger partial charge is 0.333 e. The van der Waals surface area contributed by atoms with Gasteiger partial charge in [-0.25, -0.2) is 14.1 Å². The Balaban J connectivity index is 1.30. The molecule has 0 bridgehead atoms. The Labute approximate surface area is 248 Å². The third-order valence-electron chi connectivity index (χ3n) is 6.90. The molecule has 0 radical (unpaired) electrons. The van der Waals surface area contributed by atoms with Crippen molar-refractivity contribution in [1.82, 2.24) is 9.88 Å². The van der Waals surface area contributed by atoms with Crippen LogP contribution in [-0.4, -0.2) is 68.4 Å². The van der Waals surface area contributed by atoms with Gasteiger partial charge in [0, 0.05) is 56.0 Å². The number of methoxy groups -OCH3 is 1. The summed E-state index contributed by atoms with van der Waals surface area (Å²) in [6.45, 7) is 6.00. The molecule has 4 aromatic rings. The van der Waals surface area contributed by atoms with Crippen LogP contribution in [-0.2, 0) is 9.53 Å². The van der Waals surface area contributed by atoms with Gasteiger partial charge < -0.3 is 24.3 Å². The quantitative estimate of drug-likeness (QED) is 0.230. The molecule has 2 heterocycles. The van der Waals surface area contributed by atoms with Crippen LogP contribution >= 0.6 is 0 Å². The topological polar surface area (TPSA) is 102 Å². The lowest BCUT2D eigenvalue weighted by Gasteiger charge is -2.26. The number of anilines is 2. The Morgan fingerprint density at radius 2 is 1.81 bits per heavy atom. The first kappa shape index (κ1) is 29.7. The summed E-state index contributed by atoms with van der Waals surface area (Å²) in [7, 11) is 1.56. The molecule has 0 atom stereocenters. The minimum atomic E-state index is -0.806. The van der Waals surface area contributed by atoms with Crippen molar-refractivity contribution in [3.63, 3.8) is 0 Å². The van der Waals surface area contributed by atoms with Crippen LogP contribution in [0.1, 0.15) is 13.3 Å². The van der Waals surface area contributed by atoms with Crippen LogP contribution in [0.15, 0.2) is 72.9 Å². The molecule has 1 aliphatic rings. The Bertz CT molecular complexity index is 1580. The highest BCUT2D eigenvalue weighted by atomic mass is 19.1. The zero-order valence-corrected chi connectivity index (χ0v) is 24.0. The Morgan fingerprint density at radius 3 is 2.53 bits per heavy atom. The maximum atomic E-state index is 15.3. The fourth-order valence-electron chi connectivity index (χ4n) is 4.77. The van der Waals surface area contributed by atoms with E-state index < -0.39 is 17.8 Å². The number of fused-ring (bicyclic) bond motifs is 1. The Kier molecular flexibility index (Phi) is 9.65. The number of halogens is 1. The number of imide groups is 1. The zero-order valence-electron chi connectivity index (χ0n) is 24.0. The van der Waals surface area contributed by atoms with E-state index in [-0.39, 0.29) is 11.4 Å².